The third-order valence-corrected chi connectivity index (χ3v) is 4.56. The molecule has 0 aromatic heterocycles. The van der Waals surface area contributed by atoms with Gasteiger partial charge in [-0.05, 0) is 62.2 Å². The van der Waals surface area contributed by atoms with Crippen LogP contribution in [0.1, 0.15) is 28.4 Å². The van der Waals surface area contributed by atoms with Crippen LogP contribution >= 0.6 is 0 Å². The molecule has 6 heteroatoms. The highest BCUT2D eigenvalue weighted by molar-refractivity contribution is 7.92. The molecule has 23 heavy (non-hydrogen) atoms. The molecule has 0 aliphatic heterocycles. The molecule has 2 rings (SSSR count). The van der Waals surface area contributed by atoms with E-state index in [0.29, 0.717) is 16.9 Å². The fourth-order valence-electron chi connectivity index (χ4n) is 2.23. The lowest BCUT2D eigenvalue weighted by Gasteiger charge is -2.10. The first-order chi connectivity index (χ1) is 10.8. The van der Waals surface area contributed by atoms with E-state index >= 15 is 0 Å². The first-order valence-electron chi connectivity index (χ1n) is 7.29. The van der Waals surface area contributed by atoms with Crippen LogP contribution in [0.25, 0.3) is 0 Å². The first-order valence-corrected chi connectivity index (χ1v) is 8.94. The van der Waals surface area contributed by atoms with Gasteiger partial charge in [0.1, 0.15) is 0 Å². The Morgan fingerprint density at radius 1 is 1.00 bits per heavy atom. The van der Waals surface area contributed by atoms with Crippen molar-refractivity contribution in [1.82, 2.24) is 0 Å². The zero-order valence-electron chi connectivity index (χ0n) is 13.4. The number of rotatable bonds is 5. The van der Waals surface area contributed by atoms with Crippen molar-refractivity contribution in [2.24, 2.45) is 0 Å². The van der Waals surface area contributed by atoms with Crippen molar-refractivity contribution < 1.29 is 13.2 Å². The van der Waals surface area contributed by atoms with Crippen LogP contribution in [-0.2, 0) is 10.0 Å². The van der Waals surface area contributed by atoms with E-state index in [0.717, 1.165) is 11.1 Å². The number of sulfonamides is 1. The van der Waals surface area contributed by atoms with Crippen LogP contribution in [0.5, 0.6) is 0 Å². The van der Waals surface area contributed by atoms with Gasteiger partial charge in [0, 0.05) is 16.9 Å². The van der Waals surface area contributed by atoms with Crippen molar-refractivity contribution in [3.63, 3.8) is 0 Å². The monoisotopic (exact) mass is 332 g/mol. The lowest BCUT2D eigenvalue weighted by molar-refractivity contribution is 0.102. The summed E-state index contributed by atoms with van der Waals surface area (Å²) >= 11 is 0. The molecule has 5 nitrogen and oxygen atoms in total. The summed E-state index contributed by atoms with van der Waals surface area (Å²) in [6.07, 6.45) is 0. The predicted octanol–water partition coefficient (Wildman–Crippen LogP) is 3.32. The third-order valence-electron chi connectivity index (χ3n) is 3.26. The van der Waals surface area contributed by atoms with Gasteiger partial charge in [0.2, 0.25) is 10.0 Å². The van der Waals surface area contributed by atoms with Crippen LogP contribution in [0.3, 0.4) is 0 Å². The maximum absolute atomic E-state index is 12.3. The van der Waals surface area contributed by atoms with Crippen LogP contribution in [0.2, 0.25) is 0 Å². The van der Waals surface area contributed by atoms with Crippen LogP contribution in [-0.4, -0.2) is 20.1 Å². The van der Waals surface area contributed by atoms with E-state index in [1.54, 1.807) is 25.1 Å². The Morgan fingerprint density at radius 2 is 1.65 bits per heavy atom. The van der Waals surface area contributed by atoms with Gasteiger partial charge >= 0.3 is 0 Å². The van der Waals surface area contributed by atoms with Crippen molar-refractivity contribution in [1.29, 1.82) is 0 Å². The van der Waals surface area contributed by atoms with E-state index in [9.17, 15) is 13.2 Å². The largest absolute Gasteiger partial charge is 0.322 e. The normalized spacial score (nSPS) is 11.1. The van der Waals surface area contributed by atoms with E-state index in [1.807, 2.05) is 32.0 Å². The zero-order chi connectivity index (χ0) is 17.0. The Labute approximate surface area is 136 Å². The van der Waals surface area contributed by atoms with E-state index in [1.165, 1.54) is 6.07 Å². The number of amides is 1. The molecule has 2 aromatic carbocycles. The number of benzene rings is 2. The number of nitrogens with one attached hydrogen (secondary N) is 2. The average molecular weight is 332 g/mol. The molecule has 122 valence electrons. The molecule has 2 N–H and O–H groups in total. The van der Waals surface area contributed by atoms with Gasteiger partial charge in [0.05, 0.1) is 5.75 Å². The fourth-order valence-corrected chi connectivity index (χ4v) is 2.86. The zero-order valence-corrected chi connectivity index (χ0v) is 14.2. The topological polar surface area (TPSA) is 75.3 Å². The molecule has 1 amide bonds. The van der Waals surface area contributed by atoms with Gasteiger partial charge in [0.15, 0.2) is 0 Å². The maximum Gasteiger partial charge on any atom is 0.255 e. The molecule has 0 bridgehead atoms. The van der Waals surface area contributed by atoms with Gasteiger partial charge in [-0.25, -0.2) is 8.42 Å². The highest BCUT2D eigenvalue weighted by Gasteiger charge is 2.10. The van der Waals surface area contributed by atoms with Crippen LogP contribution in [0.15, 0.2) is 42.5 Å². The minimum absolute atomic E-state index is 0.0218. The molecule has 0 radical (unpaired) electrons. The molecule has 0 fully saturated rings. The standard InChI is InChI=1S/C17H20N2O3S/c1-4-23(21,22)19-15-7-5-6-14(11-15)17(20)18-16-9-12(2)8-13(3)10-16/h5-11,19H,4H2,1-3H3,(H,18,20). The second-order valence-electron chi connectivity index (χ2n) is 5.42. The molecule has 0 unspecified atom stereocenters. The SMILES string of the molecule is CCS(=O)(=O)Nc1cccc(C(=O)Nc2cc(C)cc(C)c2)c1. The Morgan fingerprint density at radius 3 is 2.26 bits per heavy atom. The summed E-state index contributed by atoms with van der Waals surface area (Å²) in [6, 6.07) is 12.2. The fraction of sp³-hybridized carbons (Fsp3) is 0.235. The summed E-state index contributed by atoms with van der Waals surface area (Å²) < 4.78 is 25.6. The Kier molecular flexibility index (Phi) is 5.05. The lowest BCUT2D eigenvalue weighted by atomic mass is 10.1. The van der Waals surface area contributed by atoms with Crippen LogP contribution < -0.4 is 10.0 Å². The van der Waals surface area contributed by atoms with Crippen LogP contribution in [0.4, 0.5) is 11.4 Å². The van der Waals surface area contributed by atoms with E-state index in [-0.39, 0.29) is 11.7 Å². The number of aryl methyl sites for hydroxylation is 2. The van der Waals surface area contributed by atoms with Gasteiger partial charge < -0.3 is 5.32 Å². The Balaban J connectivity index is 2.19. The molecular formula is C17H20N2O3S. The minimum atomic E-state index is -3.37. The number of anilines is 2. The quantitative estimate of drug-likeness (QED) is 0.882. The van der Waals surface area contributed by atoms with Gasteiger partial charge in [0.25, 0.3) is 5.91 Å². The van der Waals surface area contributed by atoms with E-state index < -0.39 is 10.0 Å². The molecule has 0 saturated carbocycles. The molecule has 2 aromatic rings. The number of carbonyl (C=O) groups is 1. The van der Waals surface area contributed by atoms with Crippen molar-refractivity contribution in [3.8, 4) is 0 Å². The third kappa shape index (κ3) is 4.82. The van der Waals surface area contributed by atoms with Crippen LogP contribution in [0, 0.1) is 13.8 Å². The summed E-state index contributed by atoms with van der Waals surface area (Å²) in [6.45, 7) is 5.48. The maximum atomic E-state index is 12.3. The summed E-state index contributed by atoms with van der Waals surface area (Å²) in [7, 11) is -3.37. The number of carbonyl (C=O) groups excluding carboxylic acids is 1. The van der Waals surface area contributed by atoms with E-state index in [2.05, 4.69) is 10.0 Å². The molecule has 0 saturated heterocycles. The second kappa shape index (κ2) is 6.83. The van der Waals surface area contributed by atoms with Crippen molar-refractivity contribution in [2.75, 3.05) is 15.8 Å². The van der Waals surface area contributed by atoms with E-state index in [4.69, 9.17) is 0 Å². The van der Waals surface area contributed by atoms with Gasteiger partial charge in [-0.2, -0.15) is 0 Å². The summed E-state index contributed by atoms with van der Waals surface area (Å²) in [5.74, 6) is -0.307. The Hall–Kier alpha value is -2.34. The predicted molar refractivity (Wildman–Crippen MR) is 93.4 cm³/mol. The summed E-state index contributed by atoms with van der Waals surface area (Å²) in [4.78, 5) is 12.3. The number of hydrogen-bond donors (Lipinski definition) is 2. The summed E-state index contributed by atoms with van der Waals surface area (Å²) in [5.41, 5.74) is 3.60. The molecular weight excluding hydrogens is 312 g/mol. The molecule has 0 spiro atoms. The molecule has 0 heterocycles. The van der Waals surface area contributed by atoms with Crippen molar-refractivity contribution in [2.45, 2.75) is 20.8 Å². The summed E-state index contributed by atoms with van der Waals surface area (Å²) in [5, 5.41) is 2.83. The lowest BCUT2D eigenvalue weighted by Crippen LogP contribution is -2.16. The van der Waals surface area contributed by atoms with Crippen molar-refractivity contribution >= 4 is 27.3 Å². The average Bonchev–Trinajstić information content (AvgIpc) is 2.46. The smallest absolute Gasteiger partial charge is 0.255 e. The number of hydrogen-bond acceptors (Lipinski definition) is 3. The van der Waals surface area contributed by atoms with Gasteiger partial charge in [-0.3, -0.25) is 9.52 Å². The molecule has 0 atom stereocenters. The molecule has 0 aliphatic rings. The van der Waals surface area contributed by atoms with Crippen molar-refractivity contribution in [3.05, 3.63) is 59.2 Å². The molecule has 0 aliphatic carbocycles. The first kappa shape index (κ1) is 17.0. The Bertz CT molecular complexity index is 809. The highest BCUT2D eigenvalue weighted by atomic mass is 32.2. The van der Waals surface area contributed by atoms with Gasteiger partial charge in [-0.15, -0.1) is 0 Å². The van der Waals surface area contributed by atoms with Gasteiger partial charge in [-0.1, -0.05) is 12.1 Å². The second-order valence-corrected chi connectivity index (χ2v) is 7.43. The minimum Gasteiger partial charge on any atom is -0.322 e. The highest BCUT2D eigenvalue weighted by Crippen LogP contribution is 2.17.